The first-order valence-corrected chi connectivity index (χ1v) is 8.01. The number of carbonyl (C=O) groups is 1. The van der Waals surface area contributed by atoms with Crippen LogP contribution in [0.25, 0.3) is 0 Å². The summed E-state index contributed by atoms with van der Waals surface area (Å²) in [7, 11) is 0. The molecule has 1 amide bonds. The molecule has 1 aliphatic carbocycles. The normalized spacial score (nSPS) is 25.3. The van der Waals surface area contributed by atoms with E-state index in [1.807, 2.05) is 4.90 Å². The fraction of sp³-hybridized carbons (Fsp3) is 0.600. The Morgan fingerprint density at radius 3 is 2.86 bits per heavy atom. The van der Waals surface area contributed by atoms with Gasteiger partial charge in [0.25, 0.3) is 5.91 Å². The summed E-state index contributed by atoms with van der Waals surface area (Å²) < 4.78 is 0. The number of halogens is 1. The number of pyridine rings is 1. The van der Waals surface area contributed by atoms with E-state index in [0.717, 1.165) is 19.4 Å². The van der Waals surface area contributed by atoms with Crippen molar-refractivity contribution in [3.8, 4) is 0 Å². The second kappa shape index (κ2) is 6.20. The molecular weight excluding hydrogens is 288 g/mol. The molecule has 2 heterocycles. The molecule has 2 fully saturated rings. The van der Waals surface area contributed by atoms with Gasteiger partial charge in [0.2, 0.25) is 0 Å². The second-order valence-electron chi connectivity index (χ2n) is 5.95. The number of nitrogens with zero attached hydrogens (tertiary/aromatic N) is 2. The Morgan fingerprint density at radius 2 is 2.10 bits per heavy atom. The third-order valence-corrected chi connectivity index (χ3v) is 5.02. The maximum atomic E-state index is 12.8. The lowest BCUT2D eigenvalue weighted by molar-refractivity contribution is 0.0390. The summed E-state index contributed by atoms with van der Waals surface area (Å²) >= 11 is 6.07. The van der Waals surface area contributed by atoms with Crippen LogP contribution in [0.1, 0.15) is 48.9 Å². The van der Waals surface area contributed by atoms with Crippen molar-refractivity contribution in [1.29, 1.82) is 0 Å². The highest BCUT2D eigenvalue weighted by molar-refractivity contribution is 6.33. The van der Waals surface area contributed by atoms with Gasteiger partial charge in [-0.25, -0.2) is 10.8 Å². The maximum absolute atomic E-state index is 12.8. The van der Waals surface area contributed by atoms with Gasteiger partial charge >= 0.3 is 0 Å². The number of piperidine rings is 1. The van der Waals surface area contributed by atoms with Crippen LogP contribution < -0.4 is 11.3 Å². The molecule has 6 heteroatoms. The minimum absolute atomic E-state index is 0.0459. The molecule has 3 rings (SSSR count). The van der Waals surface area contributed by atoms with Gasteiger partial charge in [0.05, 0.1) is 10.6 Å². The molecule has 2 aliphatic rings. The third kappa shape index (κ3) is 2.85. The van der Waals surface area contributed by atoms with Crippen LogP contribution in [0.5, 0.6) is 0 Å². The van der Waals surface area contributed by atoms with Crippen LogP contribution in [-0.4, -0.2) is 28.4 Å². The molecule has 0 unspecified atom stereocenters. The van der Waals surface area contributed by atoms with Crippen LogP contribution in [-0.2, 0) is 0 Å². The van der Waals surface area contributed by atoms with Crippen molar-refractivity contribution in [2.75, 3.05) is 12.0 Å². The van der Waals surface area contributed by atoms with Crippen molar-refractivity contribution < 1.29 is 4.79 Å². The number of hydrogen-bond donors (Lipinski definition) is 2. The minimum Gasteiger partial charge on any atom is -0.335 e. The standard InChI is InChI=1S/C15H21ClN4O/c16-12-8-11(9-18-14(12)19-17)15(21)20-7-3-5-10-4-1-2-6-13(10)20/h8-10,13H,1-7,17H2,(H,18,19)/t10-,13-/m1/s1. The van der Waals surface area contributed by atoms with Crippen LogP contribution in [0, 0.1) is 5.92 Å². The van der Waals surface area contributed by atoms with E-state index in [2.05, 4.69) is 10.4 Å². The molecule has 1 aliphatic heterocycles. The number of likely N-dealkylation sites (tertiary alicyclic amines) is 1. The van der Waals surface area contributed by atoms with Gasteiger partial charge in [0, 0.05) is 18.8 Å². The molecule has 0 spiro atoms. The number of amides is 1. The molecule has 1 saturated carbocycles. The molecule has 0 radical (unpaired) electrons. The molecular formula is C15H21ClN4O. The predicted molar refractivity (Wildman–Crippen MR) is 83.1 cm³/mol. The SMILES string of the molecule is NNc1ncc(C(=O)N2CCC[C@H]3CCCC[C@H]32)cc1Cl. The number of fused-ring (bicyclic) bond motifs is 1. The molecule has 1 aromatic rings. The predicted octanol–water partition coefficient (Wildman–Crippen LogP) is 2.82. The van der Waals surface area contributed by atoms with E-state index in [0.29, 0.717) is 28.4 Å². The van der Waals surface area contributed by atoms with Gasteiger partial charge in [-0.1, -0.05) is 24.4 Å². The van der Waals surface area contributed by atoms with Gasteiger partial charge in [-0.05, 0) is 37.7 Å². The molecule has 1 saturated heterocycles. The fourth-order valence-electron chi connectivity index (χ4n) is 3.70. The summed E-state index contributed by atoms with van der Waals surface area (Å²) in [6.07, 6.45) is 8.80. The zero-order valence-electron chi connectivity index (χ0n) is 12.0. The van der Waals surface area contributed by atoms with Crippen LogP contribution in [0.3, 0.4) is 0 Å². The van der Waals surface area contributed by atoms with Gasteiger partial charge in [0.1, 0.15) is 0 Å². The molecule has 5 nitrogen and oxygen atoms in total. The average Bonchev–Trinajstić information content (AvgIpc) is 2.53. The Bertz CT molecular complexity index is 534. The summed E-state index contributed by atoms with van der Waals surface area (Å²) in [6, 6.07) is 2.05. The van der Waals surface area contributed by atoms with Gasteiger partial charge in [-0.2, -0.15) is 0 Å². The Labute approximate surface area is 129 Å². The van der Waals surface area contributed by atoms with Gasteiger partial charge < -0.3 is 10.3 Å². The van der Waals surface area contributed by atoms with Crippen LogP contribution in [0.15, 0.2) is 12.3 Å². The Kier molecular flexibility index (Phi) is 4.31. The number of hydrazine groups is 1. The summed E-state index contributed by atoms with van der Waals surface area (Å²) in [5.74, 6) is 6.42. The van der Waals surface area contributed by atoms with Crippen LogP contribution in [0.2, 0.25) is 5.02 Å². The summed E-state index contributed by atoms with van der Waals surface area (Å²) in [5, 5.41) is 0.376. The number of anilines is 1. The number of aromatic nitrogens is 1. The molecule has 1 aromatic heterocycles. The average molecular weight is 309 g/mol. The summed E-state index contributed by atoms with van der Waals surface area (Å²) in [6.45, 7) is 0.842. The Morgan fingerprint density at radius 1 is 1.33 bits per heavy atom. The second-order valence-corrected chi connectivity index (χ2v) is 6.36. The van der Waals surface area contributed by atoms with Gasteiger partial charge in [0.15, 0.2) is 5.82 Å². The van der Waals surface area contributed by atoms with E-state index < -0.39 is 0 Å². The number of nitrogens with one attached hydrogen (secondary N) is 1. The first-order chi connectivity index (χ1) is 10.2. The Balaban J connectivity index is 1.81. The van der Waals surface area contributed by atoms with Crippen molar-refractivity contribution >= 4 is 23.3 Å². The lowest BCUT2D eigenvalue weighted by Gasteiger charge is -2.44. The van der Waals surface area contributed by atoms with E-state index in [1.165, 1.54) is 25.7 Å². The number of rotatable bonds is 2. The number of hydrogen-bond acceptors (Lipinski definition) is 4. The largest absolute Gasteiger partial charge is 0.335 e. The number of nitrogens with two attached hydrogens (primary N) is 1. The van der Waals surface area contributed by atoms with Crippen molar-refractivity contribution in [3.05, 3.63) is 22.8 Å². The highest BCUT2D eigenvalue weighted by Crippen LogP contribution is 2.36. The van der Waals surface area contributed by atoms with E-state index in [1.54, 1.807) is 12.3 Å². The van der Waals surface area contributed by atoms with Crippen LogP contribution in [0.4, 0.5) is 5.82 Å². The number of carbonyl (C=O) groups excluding carboxylic acids is 1. The van der Waals surface area contributed by atoms with E-state index in [-0.39, 0.29) is 5.91 Å². The first-order valence-electron chi connectivity index (χ1n) is 7.64. The molecule has 114 valence electrons. The summed E-state index contributed by atoms with van der Waals surface area (Å²) in [4.78, 5) is 18.9. The molecule has 0 bridgehead atoms. The quantitative estimate of drug-likeness (QED) is 0.651. The lowest BCUT2D eigenvalue weighted by atomic mass is 9.78. The van der Waals surface area contributed by atoms with E-state index in [4.69, 9.17) is 17.4 Å². The first kappa shape index (κ1) is 14.6. The highest BCUT2D eigenvalue weighted by atomic mass is 35.5. The topological polar surface area (TPSA) is 71.2 Å². The van der Waals surface area contributed by atoms with E-state index in [9.17, 15) is 4.79 Å². The smallest absolute Gasteiger partial charge is 0.255 e. The summed E-state index contributed by atoms with van der Waals surface area (Å²) in [5.41, 5.74) is 2.96. The lowest BCUT2D eigenvalue weighted by Crippen LogP contribution is -2.49. The van der Waals surface area contributed by atoms with Crippen molar-refractivity contribution in [3.63, 3.8) is 0 Å². The van der Waals surface area contributed by atoms with Crippen molar-refractivity contribution in [2.45, 2.75) is 44.6 Å². The van der Waals surface area contributed by atoms with Crippen LogP contribution >= 0.6 is 11.6 Å². The van der Waals surface area contributed by atoms with Gasteiger partial charge in [-0.3, -0.25) is 4.79 Å². The highest BCUT2D eigenvalue weighted by Gasteiger charge is 2.36. The van der Waals surface area contributed by atoms with Gasteiger partial charge in [-0.15, -0.1) is 0 Å². The van der Waals surface area contributed by atoms with E-state index >= 15 is 0 Å². The zero-order valence-corrected chi connectivity index (χ0v) is 12.8. The zero-order chi connectivity index (χ0) is 14.8. The molecule has 3 N–H and O–H groups in total. The Hall–Kier alpha value is -1.33. The maximum Gasteiger partial charge on any atom is 0.255 e. The van der Waals surface area contributed by atoms with Crippen molar-refractivity contribution in [1.82, 2.24) is 9.88 Å². The van der Waals surface area contributed by atoms with Crippen molar-refractivity contribution in [2.24, 2.45) is 11.8 Å². The fourth-order valence-corrected chi connectivity index (χ4v) is 3.92. The monoisotopic (exact) mass is 308 g/mol. The minimum atomic E-state index is 0.0459. The molecule has 21 heavy (non-hydrogen) atoms. The number of nitrogen functional groups attached to an aromatic ring is 1. The molecule has 2 atom stereocenters. The third-order valence-electron chi connectivity index (χ3n) is 4.73. The molecule has 0 aromatic carbocycles.